The van der Waals surface area contributed by atoms with Crippen LogP contribution in [-0.4, -0.2) is 41.6 Å². The number of nitrogens with zero attached hydrogens (tertiary/aromatic N) is 1. The Morgan fingerprint density at radius 3 is 1.27 bits per heavy atom. The predicted octanol–water partition coefficient (Wildman–Crippen LogP) is 4.72. The van der Waals surface area contributed by atoms with Crippen molar-refractivity contribution in [1.82, 2.24) is 4.90 Å². The van der Waals surface area contributed by atoms with E-state index in [1.165, 1.54) is 0 Å². The highest BCUT2D eigenvalue weighted by Crippen LogP contribution is 2.50. The second kappa shape index (κ2) is 5.45. The lowest BCUT2D eigenvalue weighted by atomic mass is 10.0. The molecule has 0 fully saturated rings. The minimum absolute atomic E-state index is 1.19. The summed E-state index contributed by atoms with van der Waals surface area (Å²) in [7, 11) is 0. The first-order chi connectivity index (χ1) is 9.34. The van der Waals surface area contributed by atoms with Gasteiger partial charge in [0.2, 0.25) is 6.30 Å². The van der Waals surface area contributed by atoms with Gasteiger partial charge >= 0.3 is 24.7 Å². The van der Waals surface area contributed by atoms with Gasteiger partial charge in [0, 0.05) is 0 Å². The predicted molar refractivity (Wildman–Crippen MR) is 43.9 cm³/mol. The van der Waals surface area contributed by atoms with Crippen molar-refractivity contribution in [3.63, 3.8) is 0 Å². The van der Waals surface area contributed by atoms with Gasteiger partial charge < -0.3 is 0 Å². The second-order valence-electron chi connectivity index (χ2n) is 3.68. The fraction of sp³-hybridized carbons (Fsp3) is 0.750. The summed E-state index contributed by atoms with van der Waals surface area (Å²) in [5.41, 5.74) is -5.84. The molecule has 2 unspecified atom stereocenters. The summed E-state index contributed by atoms with van der Waals surface area (Å²) >= 11 is 0. The van der Waals surface area contributed by atoms with Gasteiger partial charge in [0.15, 0.2) is 0 Å². The van der Waals surface area contributed by atoms with Crippen molar-refractivity contribution in [2.45, 2.75) is 36.7 Å². The molecule has 22 heavy (non-hydrogen) atoms. The number of rotatable bonds is 4. The van der Waals surface area contributed by atoms with Crippen LogP contribution in [-0.2, 0) is 0 Å². The molecular weight excluding hydrogens is 357 g/mol. The van der Waals surface area contributed by atoms with Crippen LogP contribution in [0.5, 0.6) is 0 Å². The molecule has 0 amide bonds. The van der Waals surface area contributed by atoms with Crippen molar-refractivity contribution in [1.29, 1.82) is 0 Å². The Morgan fingerprint density at radius 1 is 0.727 bits per heavy atom. The van der Waals surface area contributed by atoms with E-state index >= 15 is 0 Å². The molecule has 0 saturated carbocycles. The molecule has 0 N–H and O–H groups in total. The molecule has 0 aliphatic carbocycles. The zero-order valence-corrected chi connectivity index (χ0v) is 9.72. The molecule has 0 aromatic carbocycles. The van der Waals surface area contributed by atoms with Gasteiger partial charge in [0.05, 0.1) is 0 Å². The van der Waals surface area contributed by atoms with Gasteiger partial charge in [-0.3, -0.25) is 0 Å². The Balaban J connectivity index is 6.23. The first-order valence-electron chi connectivity index (χ1n) is 4.68. The molecule has 0 aliphatic rings. The van der Waals surface area contributed by atoms with Crippen LogP contribution in [0.1, 0.15) is 0 Å². The molecular formula is C8H4F13N. The Morgan fingerprint density at radius 2 is 1.09 bits per heavy atom. The SMILES string of the molecule is C=CC(F)(C(F)N(C(F)(F)F)C(F)(F)C(F)(F)F)C(F)(F)F. The van der Waals surface area contributed by atoms with Crippen LogP contribution in [0.4, 0.5) is 57.1 Å². The average molecular weight is 361 g/mol. The normalized spacial score (nSPS) is 19.0. The third kappa shape index (κ3) is 3.41. The van der Waals surface area contributed by atoms with Crippen LogP contribution in [0.25, 0.3) is 0 Å². The topological polar surface area (TPSA) is 3.24 Å². The van der Waals surface area contributed by atoms with E-state index in [0.29, 0.717) is 0 Å². The van der Waals surface area contributed by atoms with Gasteiger partial charge in [-0.1, -0.05) is 6.58 Å². The molecule has 0 spiro atoms. The molecule has 0 saturated heterocycles. The fourth-order valence-corrected chi connectivity index (χ4v) is 1.10. The largest absolute Gasteiger partial charge is 0.469 e. The van der Waals surface area contributed by atoms with Gasteiger partial charge in [-0.15, -0.1) is 4.90 Å². The highest BCUT2D eigenvalue weighted by molar-refractivity contribution is 5.08. The lowest BCUT2D eigenvalue weighted by Gasteiger charge is -2.39. The maximum absolute atomic E-state index is 13.3. The number of hydrogen-bond acceptors (Lipinski definition) is 1. The van der Waals surface area contributed by atoms with Gasteiger partial charge in [-0.25, -0.2) is 8.78 Å². The van der Waals surface area contributed by atoms with E-state index in [1.807, 2.05) is 6.58 Å². The highest BCUT2D eigenvalue weighted by atomic mass is 19.4. The first kappa shape index (κ1) is 20.8. The summed E-state index contributed by atoms with van der Waals surface area (Å²) in [5, 5.41) is 0. The summed E-state index contributed by atoms with van der Waals surface area (Å²) in [6.45, 7) is 1.97. The minimum Gasteiger partial charge on any atom is -0.225 e. The average Bonchev–Trinajstić information content (AvgIpc) is 2.22. The molecule has 0 aromatic rings. The Labute approximate surface area is 113 Å². The van der Waals surface area contributed by atoms with Crippen LogP contribution < -0.4 is 0 Å². The van der Waals surface area contributed by atoms with Crippen molar-refractivity contribution < 1.29 is 57.1 Å². The fourth-order valence-electron chi connectivity index (χ4n) is 1.10. The van der Waals surface area contributed by atoms with Gasteiger partial charge in [0.1, 0.15) is 0 Å². The van der Waals surface area contributed by atoms with E-state index in [9.17, 15) is 57.1 Å². The Hall–Kier alpha value is -1.21. The maximum Gasteiger partial charge on any atom is 0.469 e. The van der Waals surface area contributed by atoms with E-state index < -0.39 is 47.6 Å². The van der Waals surface area contributed by atoms with Crippen LogP contribution in [0.15, 0.2) is 12.7 Å². The molecule has 0 rings (SSSR count). The highest BCUT2D eigenvalue weighted by Gasteiger charge is 2.75. The number of alkyl halides is 13. The molecule has 1 nitrogen and oxygen atoms in total. The Kier molecular flexibility index (Phi) is 5.15. The van der Waals surface area contributed by atoms with E-state index in [0.717, 1.165) is 0 Å². The van der Waals surface area contributed by atoms with E-state index in [2.05, 4.69) is 0 Å². The van der Waals surface area contributed by atoms with Crippen molar-refractivity contribution in [3.8, 4) is 0 Å². The van der Waals surface area contributed by atoms with Crippen molar-refractivity contribution in [2.24, 2.45) is 0 Å². The smallest absolute Gasteiger partial charge is 0.225 e. The maximum atomic E-state index is 13.3. The first-order valence-corrected chi connectivity index (χ1v) is 4.68. The van der Waals surface area contributed by atoms with Crippen LogP contribution in [0.3, 0.4) is 0 Å². The lowest BCUT2D eigenvalue weighted by molar-refractivity contribution is -0.440. The molecule has 0 aromatic heterocycles. The van der Waals surface area contributed by atoms with Crippen LogP contribution >= 0.6 is 0 Å². The Bertz CT molecular complexity index is 404. The zero-order chi connectivity index (χ0) is 18.4. The van der Waals surface area contributed by atoms with Gasteiger partial charge in [0.25, 0.3) is 5.67 Å². The molecule has 0 radical (unpaired) electrons. The summed E-state index contributed by atoms with van der Waals surface area (Å²) < 4.78 is 161. The lowest BCUT2D eigenvalue weighted by Crippen LogP contribution is -2.67. The van der Waals surface area contributed by atoms with Crippen molar-refractivity contribution in [3.05, 3.63) is 12.7 Å². The molecule has 0 aliphatic heterocycles. The molecule has 2 atom stereocenters. The monoisotopic (exact) mass is 361 g/mol. The standard InChI is InChI=1S/C8H4F13N/c1-2-4(10,5(11,12)13)3(9)22(8(19,20)21)7(17,18)6(14,15)16/h2-3H,1H2. The van der Waals surface area contributed by atoms with E-state index in [-0.39, 0.29) is 0 Å². The van der Waals surface area contributed by atoms with Crippen molar-refractivity contribution in [2.75, 3.05) is 0 Å². The summed E-state index contributed by atoms with van der Waals surface area (Å²) in [6.07, 6.45) is -27.4. The van der Waals surface area contributed by atoms with Crippen LogP contribution in [0.2, 0.25) is 0 Å². The number of halogens is 13. The third-order valence-electron chi connectivity index (χ3n) is 2.22. The quantitative estimate of drug-likeness (QED) is 0.398. The van der Waals surface area contributed by atoms with Gasteiger partial charge in [-0.2, -0.15) is 48.3 Å². The van der Waals surface area contributed by atoms with Crippen LogP contribution in [0, 0.1) is 0 Å². The number of hydrogen-bond donors (Lipinski definition) is 0. The summed E-state index contributed by atoms with van der Waals surface area (Å²) in [4.78, 5) is -3.50. The van der Waals surface area contributed by atoms with Crippen molar-refractivity contribution >= 4 is 0 Å². The molecule has 0 heterocycles. The van der Waals surface area contributed by atoms with Gasteiger partial charge in [-0.05, 0) is 6.08 Å². The molecule has 14 heteroatoms. The summed E-state index contributed by atoms with van der Waals surface area (Å²) in [5.74, 6) is 0. The minimum atomic E-state index is -7.17. The summed E-state index contributed by atoms with van der Waals surface area (Å²) in [6, 6.07) is -7.17. The second-order valence-corrected chi connectivity index (χ2v) is 3.68. The molecule has 132 valence electrons. The molecule has 0 bridgehead atoms. The zero-order valence-electron chi connectivity index (χ0n) is 9.72. The van der Waals surface area contributed by atoms with E-state index in [1.54, 1.807) is 0 Å². The third-order valence-corrected chi connectivity index (χ3v) is 2.22. The van der Waals surface area contributed by atoms with E-state index in [4.69, 9.17) is 0 Å².